The van der Waals surface area contributed by atoms with Crippen LogP contribution in [0.25, 0.3) is 0 Å². The molecule has 1 aromatic carbocycles. The van der Waals surface area contributed by atoms with E-state index in [9.17, 15) is 0 Å². The maximum Gasteiger partial charge on any atom is 0.315 e. The molecule has 0 spiro atoms. The molecule has 0 saturated carbocycles. The van der Waals surface area contributed by atoms with Crippen molar-refractivity contribution in [2.75, 3.05) is 11.9 Å². The fourth-order valence-corrected chi connectivity index (χ4v) is 1.93. The first-order chi connectivity index (χ1) is 9.69. The number of nitrogens with one attached hydrogen (secondary N) is 2. The lowest BCUT2D eigenvalue weighted by Crippen LogP contribution is -2.19. The van der Waals surface area contributed by atoms with E-state index in [2.05, 4.69) is 52.9 Å². The molecule has 20 heavy (non-hydrogen) atoms. The average molecular weight is 274 g/mol. The third-order valence-corrected chi connectivity index (χ3v) is 3.04. The summed E-state index contributed by atoms with van der Waals surface area (Å²) in [6.45, 7) is 7.85. The molecular formula is C15H22N4O. The minimum Gasteiger partial charge on any atom is -0.406 e. The zero-order valence-electron chi connectivity index (χ0n) is 12.3. The van der Waals surface area contributed by atoms with Crippen molar-refractivity contribution in [1.29, 1.82) is 0 Å². The van der Waals surface area contributed by atoms with Gasteiger partial charge in [0.15, 0.2) is 0 Å². The molecule has 5 nitrogen and oxygen atoms in total. The van der Waals surface area contributed by atoms with Crippen LogP contribution in [0.15, 0.2) is 28.7 Å². The summed E-state index contributed by atoms with van der Waals surface area (Å²) in [7, 11) is 0. The van der Waals surface area contributed by atoms with Crippen LogP contribution in [0.5, 0.6) is 0 Å². The minimum atomic E-state index is 0.0805. The van der Waals surface area contributed by atoms with Crippen molar-refractivity contribution in [3.05, 3.63) is 41.3 Å². The molecule has 1 heterocycles. The Morgan fingerprint density at radius 1 is 1.30 bits per heavy atom. The van der Waals surface area contributed by atoms with E-state index in [0.29, 0.717) is 18.5 Å². The molecule has 0 fully saturated rings. The van der Waals surface area contributed by atoms with Crippen LogP contribution >= 0.6 is 0 Å². The molecular weight excluding hydrogens is 252 g/mol. The maximum absolute atomic E-state index is 5.60. The zero-order valence-corrected chi connectivity index (χ0v) is 12.3. The van der Waals surface area contributed by atoms with Crippen molar-refractivity contribution in [2.24, 2.45) is 0 Å². The Kier molecular flexibility index (Phi) is 5.12. The van der Waals surface area contributed by atoms with Gasteiger partial charge in [0.25, 0.3) is 0 Å². The van der Waals surface area contributed by atoms with E-state index in [-0.39, 0.29) is 6.04 Å². The number of hydrogen-bond acceptors (Lipinski definition) is 5. The second-order valence-electron chi connectivity index (χ2n) is 4.96. The summed E-state index contributed by atoms with van der Waals surface area (Å²) in [5.41, 5.74) is 2.44. The van der Waals surface area contributed by atoms with Crippen molar-refractivity contribution in [3.63, 3.8) is 0 Å². The lowest BCUT2D eigenvalue weighted by Gasteiger charge is -2.07. The first kappa shape index (κ1) is 14.5. The van der Waals surface area contributed by atoms with E-state index in [0.717, 1.165) is 13.0 Å². The fourth-order valence-electron chi connectivity index (χ4n) is 1.93. The van der Waals surface area contributed by atoms with Crippen LogP contribution in [0, 0.1) is 6.92 Å². The molecule has 0 aliphatic rings. The lowest BCUT2D eigenvalue weighted by atomic mass is 10.1. The molecule has 1 aromatic heterocycles. The summed E-state index contributed by atoms with van der Waals surface area (Å²) in [6.07, 6.45) is 1.08. The van der Waals surface area contributed by atoms with Gasteiger partial charge in [-0.3, -0.25) is 0 Å². The van der Waals surface area contributed by atoms with Gasteiger partial charge in [-0.2, -0.15) is 0 Å². The molecule has 2 aromatic rings. The minimum absolute atomic E-state index is 0.0805. The highest BCUT2D eigenvalue weighted by Gasteiger charge is 2.12. The summed E-state index contributed by atoms with van der Waals surface area (Å²) in [6, 6.07) is 8.87. The van der Waals surface area contributed by atoms with Crippen molar-refractivity contribution in [1.82, 2.24) is 15.5 Å². The number of aromatic nitrogens is 2. The van der Waals surface area contributed by atoms with Crippen LogP contribution in [0.2, 0.25) is 0 Å². The standard InChI is InChI=1S/C15H22N4O/c1-4-8-16-12(3)14-18-19-15(20-14)17-10-13-7-5-6-11(2)9-13/h5-7,9,12,16H,4,8,10H2,1-3H3,(H,17,19). The van der Waals surface area contributed by atoms with Gasteiger partial charge in [-0.05, 0) is 32.4 Å². The molecule has 0 aliphatic carbocycles. The summed E-state index contributed by atoms with van der Waals surface area (Å²) in [5, 5.41) is 14.5. The lowest BCUT2D eigenvalue weighted by molar-refractivity contribution is 0.423. The van der Waals surface area contributed by atoms with Crippen molar-refractivity contribution in [3.8, 4) is 0 Å². The number of aryl methyl sites for hydroxylation is 1. The highest BCUT2D eigenvalue weighted by Crippen LogP contribution is 2.14. The molecule has 0 bridgehead atoms. The maximum atomic E-state index is 5.60. The smallest absolute Gasteiger partial charge is 0.315 e. The normalized spacial score (nSPS) is 12.3. The van der Waals surface area contributed by atoms with Crippen LogP contribution < -0.4 is 10.6 Å². The SMILES string of the molecule is CCCNC(C)c1nnc(NCc2cccc(C)c2)o1. The first-order valence-electron chi connectivity index (χ1n) is 7.05. The largest absolute Gasteiger partial charge is 0.406 e. The molecule has 5 heteroatoms. The van der Waals surface area contributed by atoms with E-state index in [4.69, 9.17) is 4.42 Å². The Morgan fingerprint density at radius 2 is 2.15 bits per heavy atom. The van der Waals surface area contributed by atoms with Crippen LogP contribution in [-0.2, 0) is 6.54 Å². The summed E-state index contributed by atoms with van der Waals surface area (Å²) in [5.74, 6) is 0.616. The molecule has 1 unspecified atom stereocenters. The van der Waals surface area contributed by atoms with Gasteiger partial charge in [0.05, 0.1) is 6.04 Å². The Bertz CT molecular complexity index is 538. The highest BCUT2D eigenvalue weighted by molar-refractivity contribution is 5.27. The van der Waals surface area contributed by atoms with Crippen LogP contribution in [0.3, 0.4) is 0 Å². The van der Waals surface area contributed by atoms with Gasteiger partial charge in [0.2, 0.25) is 5.89 Å². The van der Waals surface area contributed by atoms with Gasteiger partial charge in [-0.1, -0.05) is 41.9 Å². The molecule has 2 N–H and O–H groups in total. The van der Waals surface area contributed by atoms with Gasteiger partial charge < -0.3 is 15.1 Å². The summed E-state index contributed by atoms with van der Waals surface area (Å²) >= 11 is 0. The van der Waals surface area contributed by atoms with E-state index < -0.39 is 0 Å². The molecule has 0 saturated heterocycles. The number of benzene rings is 1. The van der Waals surface area contributed by atoms with Gasteiger partial charge in [-0.25, -0.2) is 0 Å². The van der Waals surface area contributed by atoms with Crippen LogP contribution in [0.4, 0.5) is 6.01 Å². The third-order valence-electron chi connectivity index (χ3n) is 3.04. The number of hydrogen-bond donors (Lipinski definition) is 2. The topological polar surface area (TPSA) is 63.0 Å². The number of nitrogens with zero attached hydrogens (tertiary/aromatic N) is 2. The van der Waals surface area contributed by atoms with E-state index in [1.807, 2.05) is 13.0 Å². The molecule has 0 amide bonds. The van der Waals surface area contributed by atoms with E-state index >= 15 is 0 Å². The van der Waals surface area contributed by atoms with Crippen molar-refractivity contribution in [2.45, 2.75) is 39.8 Å². The van der Waals surface area contributed by atoms with Crippen molar-refractivity contribution >= 4 is 6.01 Å². The average Bonchev–Trinajstić information content (AvgIpc) is 2.91. The Balaban J connectivity index is 1.89. The van der Waals surface area contributed by atoms with Gasteiger partial charge >= 0.3 is 6.01 Å². The molecule has 0 radical (unpaired) electrons. The Morgan fingerprint density at radius 3 is 2.90 bits per heavy atom. The fraction of sp³-hybridized carbons (Fsp3) is 0.467. The zero-order chi connectivity index (χ0) is 14.4. The quantitative estimate of drug-likeness (QED) is 0.812. The third kappa shape index (κ3) is 4.06. The molecule has 0 aliphatic heterocycles. The number of anilines is 1. The molecule has 1 atom stereocenters. The predicted octanol–water partition coefficient (Wildman–Crippen LogP) is 3.05. The second-order valence-corrected chi connectivity index (χ2v) is 4.96. The first-order valence-corrected chi connectivity index (χ1v) is 7.05. The van der Waals surface area contributed by atoms with Crippen LogP contribution in [0.1, 0.15) is 43.3 Å². The van der Waals surface area contributed by atoms with E-state index in [1.54, 1.807) is 0 Å². The molecule has 108 valence electrons. The van der Waals surface area contributed by atoms with Crippen molar-refractivity contribution < 1.29 is 4.42 Å². The Labute approximate surface area is 119 Å². The second kappa shape index (κ2) is 7.05. The summed E-state index contributed by atoms with van der Waals surface area (Å²) < 4.78 is 5.60. The number of rotatable bonds is 7. The van der Waals surface area contributed by atoms with Crippen LogP contribution in [-0.4, -0.2) is 16.7 Å². The Hall–Kier alpha value is -1.88. The molecule has 2 rings (SSSR count). The summed E-state index contributed by atoms with van der Waals surface area (Å²) in [4.78, 5) is 0. The monoisotopic (exact) mass is 274 g/mol. The predicted molar refractivity (Wildman–Crippen MR) is 79.5 cm³/mol. The van der Waals surface area contributed by atoms with Gasteiger partial charge in [-0.15, -0.1) is 5.10 Å². The highest BCUT2D eigenvalue weighted by atomic mass is 16.4. The van der Waals surface area contributed by atoms with Gasteiger partial charge in [0.1, 0.15) is 0 Å². The van der Waals surface area contributed by atoms with E-state index in [1.165, 1.54) is 11.1 Å². The van der Waals surface area contributed by atoms with Gasteiger partial charge in [0, 0.05) is 6.54 Å².